The zero-order valence-corrected chi connectivity index (χ0v) is 12.4. The molecular formula is C13H16BrClS. The van der Waals surface area contributed by atoms with E-state index in [0.717, 1.165) is 5.92 Å². The van der Waals surface area contributed by atoms with E-state index in [1.807, 2.05) is 0 Å². The molecule has 1 fully saturated rings. The van der Waals surface area contributed by atoms with Gasteiger partial charge in [-0.3, -0.25) is 0 Å². The van der Waals surface area contributed by atoms with E-state index in [0.29, 0.717) is 5.88 Å². The first kappa shape index (κ1) is 12.7. The van der Waals surface area contributed by atoms with E-state index in [9.17, 15) is 0 Å². The SMILES string of the molecule is ClCC(=Cc1ccc(Br)s1)C1CCCCC1. The Balaban J connectivity index is 2.11. The van der Waals surface area contributed by atoms with Crippen molar-refractivity contribution in [2.75, 3.05) is 5.88 Å². The van der Waals surface area contributed by atoms with Crippen LogP contribution in [0.15, 0.2) is 21.5 Å². The summed E-state index contributed by atoms with van der Waals surface area (Å²) in [5.41, 5.74) is 1.43. The molecule has 0 nitrogen and oxygen atoms in total. The number of hydrogen-bond acceptors (Lipinski definition) is 1. The molecule has 16 heavy (non-hydrogen) atoms. The minimum atomic E-state index is 0.681. The summed E-state index contributed by atoms with van der Waals surface area (Å²) < 4.78 is 1.19. The molecule has 0 spiro atoms. The smallest absolute Gasteiger partial charge is 0.0704 e. The van der Waals surface area contributed by atoms with Gasteiger partial charge >= 0.3 is 0 Å². The number of allylic oxidation sites excluding steroid dienone is 1. The van der Waals surface area contributed by atoms with Crippen LogP contribution < -0.4 is 0 Å². The molecule has 0 radical (unpaired) electrons. The summed E-state index contributed by atoms with van der Waals surface area (Å²) in [7, 11) is 0. The molecule has 88 valence electrons. The van der Waals surface area contributed by atoms with E-state index in [1.54, 1.807) is 11.3 Å². The third-order valence-corrected chi connectivity index (χ3v) is 5.08. The molecule has 0 N–H and O–H groups in total. The first-order valence-corrected chi connectivity index (χ1v) is 7.96. The summed E-state index contributed by atoms with van der Waals surface area (Å²) >= 11 is 11.4. The molecule has 2 rings (SSSR count). The summed E-state index contributed by atoms with van der Waals surface area (Å²) in [6.45, 7) is 0. The van der Waals surface area contributed by atoms with Crippen molar-refractivity contribution in [2.24, 2.45) is 5.92 Å². The fourth-order valence-electron chi connectivity index (χ4n) is 2.33. The van der Waals surface area contributed by atoms with Crippen molar-refractivity contribution in [3.8, 4) is 0 Å². The van der Waals surface area contributed by atoms with Crippen molar-refractivity contribution in [3.63, 3.8) is 0 Å². The van der Waals surface area contributed by atoms with Crippen LogP contribution in [0.1, 0.15) is 37.0 Å². The van der Waals surface area contributed by atoms with Gasteiger partial charge in [0.25, 0.3) is 0 Å². The molecule has 0 saturated heterocycles. The van der Waals surface area contributed by atoms with Gasteiger partial charge in [0.05, 0.1) is 3.79 Å². The van der Waals surface area contributed by atoms with E-state index >= 15 is 0 Å². The quantitative estimate of drug-likeness (QED) is 0.626. The molecule has 0 bridgehead atoms. The standard InChI is InChI=1S/C13H16BrClS/c14-13-7-6-12(16-13)8-11(9-15)10-4-2-1-3-5-10/h6-8,10H,1-5,9H2. The lowest BCUT2D eigenvalue weighted by molar-refractivity contribution is 0.405. The number of rotatable bonds is 3. The summed E-state index contributed by atoms with van der Waals surface area (Å²) in [6.07, 6.45) is 9.07. The third kappa shape index (κ3) is 3.35. The second kappa shape index (κ2) is 6.23. The second-order valence-electron chi connectivity index (χ2n) is 4.33. The van der Waals surface area contributed by atoms with Gasteiger partial charge in [0.1, 0.15) is 0 Å². The van der Waals surface area contributed by atoms with Crippen molar-refractivity contribution in [3.05, 3.63) is 26.4 Å². The maximum atomic E-state index is 6.08. The van der Waals surface area contributed by atoms with Gasteiger partial charge in [0.2, 0.25) is 0 Å². The zero-order chi connectivity index (χ0) is 11.4. The molecule has 0 atom stereocenters. The molecule has 1 aliphatic carbocycles. The molecule has 1 saturated carbocycles. The van der Waals surface area contributed by atoms with Crippen LogP contribution in [0, 0.1) is 5.92 Å². The van der Waals surface area contributed by atoms with Crippen molar-refractivity contribution < 1.29 is 0 Å². The van der Waals surface area contributed by atoms with Crippen LogP contribution in [-0.2, 0) is 0 Å². The molecule has 3 heteroatoms. The molecule has 0 amide bonds. The molecular weight excluding hydrogens is 304 g/mol. The lowest BCUT2D eigenvalue weighted by Crippen LogP contribution is -2.10. The van der Waals surface area contributed by atoms with Gasteiger partial charge in [-0.2, -0.15) is 0 Å². The molecule has 0 aromatic carbocycles. The Morgan fingerprint density at radius 3 is 2.69 bits per heavy atom. The van der Waals surface area contributed by atoms with Crippen LogP contribution in [0.2, 0.25) is 0 Å². The van der Waals surface area contributed by atoms with Crippen LogP contribution in [0.25, 0.3) is 6.08 Å². The fraction of sp³-hybridized carbons (Fsp3) is 0.538. The van der Waals surface area contributed by atoms with Gasteiger partial charge in [0.15, 0.2) is 0 Å². The summed E-state index contributed by atoms with van der Waals surface area (Å²) in [5, 5.41) is 0. The van der Waals surface area contributed by atoms with Gasteiger partial charge in [0, 0.05) is 10.8 Å². The Kier molecular flexibility index (Phi) is 4.93. The van der Waals surface area contributed by atoms with Gasteiger partial charge in [-0.15, -0.1) is 22.9 Å². The number of hydrogen-bond donors (Lipinski definition) is 0. The van der Waals surface area contributed by atoms with Crippen molar-refractivity contribution >= 4 is 44.9 Å². The Bertz CT molecular complexity index is 364. The van der Waals surface area contributed by atoms with Crippen LogP contribution in [0.4, 0.5) is 0 Å². The van der Waals surface area contributed by atoms with Gasteiger partial charge < -0.3 is 0 Å². The second-order valence-corrected chi connectivity index (χ2v) is 7.09. The fourth-order valence-corrected chi connectivity index (χ4v) is 4.02. The van der Waals surface area contributed by atoms with Gasteiger partial charge in [-0.1, -0.05) is 24.8 Å². The van der Waals surface area contributed by atoms with Crippen LogP contribution >= 0.6 is 38.9 Å². The average Bonchev–Trinajstić information content (AvgIpc) is 2.73. The normalized spacial score (nSPS) is 19.0. The van der Waals surface area contributed by atoms with Crippen molar-refractivity contribution in [1.29, 1.82) is 0 Å². The van der Waals surface area contributed by atoms with Crippen molar-refractivity contribution in [1.82, 2.24) is 0 Å². The van der Waals surface area contributed by atoms with Crippen LogP contribution in [-0.4, -0.2) is 5.88 Å². The topological polar surface area (TPSA) is 0 Å². The van der Waals surface area contributed by atoms with E-state index in [4.69, 9.17) is 11.6 Å². The van der Waals surface area contributed by atoms with Gasteiger partial charge in [-0.05, 0) is 52.9 Å². The highest BCUT2D eigenvalue weighted by Crippen LogP contribution is 2.33. The molecule has 0 aliphatic heterocycles. The minimum Gasteiger partial charge on any atom is -0.129 e. The number of alkyl halides is 1. The Morgan fingerprint density at radius 2 is 2.12 bits per heavy atom. The molecule has 0 unspecified atom stereocenters. The van der Waals surface area contributed by atoms with E-state index in [-0.39, 0.29) is 0 Å². The lowest BCUT2D eigenvalue weighted by Gasteiger charge is -2.23. The van der Waals surface area contributed by atoms with Crippen LogP contribution in [0.5, 0.6) is 0 Å². The average molecular weight is 320 g/mol. The molecule has 1 aromatic rings. The third-order valence-electron chi connectivity index (χ3n) is 3.21. The van der Waals surface area contributed by atoms with Gasteiger partial charge in [-0.25, -0.2) is 0 Å². The summed E-state index contributed by atoms with van der Waals surface area (Å²) in [6, 6.07) is 4.26. The first-order valence-electron chi connectivity index (χ1n) is 5.81. The summed E-state index contributed by atoms with van der Waals surface area (Å²) in [4.78, 5) is 1.31. The molecule has 1 heterocycles. The number of halogens is 2. The minimum absolute atomic E-state index is 0.681. The molecule has 1 aliphatic rings. The first-order chi connectivity index (χ1) is 7.79. The predicted octanol–water partition coefficient (Wildman–Crippen LogP) is 5.71. The Labute approximate surface area is 115 Å². The van der Waals surface area contributed by atoms with Crippen LogP contribution in [0.3, 0.4) is 0 Å². The maximum Gasteiger partial charge on any atom is 0.0704 e. The highest BCUT2D eigenvalue weighted by molar-refractivity contribution is 9.11. The summed E-state index contributed by atoms with van der Waals surface area (Å²) in [5.74, 6) is 1.41. The largest absolute Gasteiger partial charge is 0.129 e. The number of thiophene rings is 1. The van der Waals surface area contributed by atoms with E-state index < -0.39 is 0 Å². The predicted molar refractivity (Wildman–Crippen MR) is 77.3 cm³/mol. The maximum absolute atomic E-state index is 6.08. The van der Waals surface area contributed by atoms with E-state index in [2.05, 4.69) is 34.1 Å². The highest BCUT2D eigenvalue weighted by Gasteiger charge is 2.17. The zero-order valence-electron chi connectivity index (χ0n) is 9.22. The molecule has 1 aromatic heterocycles. The Hall–Kier alpha value is 0.210. The monoisotopic (exact) mass is 318 g/mol. The highest BCUT2D eigenvalue weighted by atomic mass is 79.9. The van der Waals surface area contributed by atoms with Crippen molar-refractivity contribution in [2.45, 2.75) is 32.1 Å². The Morgan fingerprint density at radius 1 is 1.38 bits per heavy atom. The lowest BCUT2D eigenvalue weighted by atomic mass is 9.84. The van der Waals surface area contributed by atoms with E-state index in [1.165, 1.54) is 46.3 Å².